The lowest BCUT2D eigenvalue weighted by molar-refractivity contribution is -0.134. The molecule has 0 aromatic rings. The van der Waals surface area contributed by atoms with Gasteiger partial charge in [0.2, 0.25) is 5.91 Å². The van der Waals surface area contributed by atoms with Crippen LogP contribution in [-0.4, -0.2) is 25.0 Å². The molecule has 0 aliphatic carbocycles. The predicted molar refractivity (Wildman–Crippen MR) is 71.9 cm³/mol. The van der Waals surface area contributed by atoms with Gasteiger partial charge in [-0.05, 0) is 38.8 Å². The van der Waals surface area contributed by atoms with Crippen LogP contribution >= 0.6 is 0 Å². The van der Waals surface area contributed by atoms with Crippen molar-refractivity contribution in [2.45, 2.75) is 58.4 Å². The second kappa shape index (κ2) is 7.38. The molecule has 1 saturated heterocycles. The van der Waals surface area contributed by atoms with Crippen LogP contribution in [0, 0.1) is 16.7 Å². The molecule has 0 spiro atoms. The normalized spacial score (nSPS) is 19.8. The number of hydrogen-bond acceptors (Lipinski definition) is 3. The molecule has 0 aromatic heterocycles. The number of piperidine rings is 1. The van der Waals surface area contributed by atoms with Gasteiger partial charge < -0.3 is 10.6 Å². The summed E-state index contributed by atoms with van der Waals surface area (Å²) in [4.78, 5) is 12.5. The highest BCUT2D eigenvalue weighted by atomic mass is 16.2. The van der Waals surface area contributed by atoms with Crippen LogP contribution in [0.2, 0.25) is 0 Å². The van der Waals surface area contributed by atoms with Crippen LogP contribution < -0.4 is 10.6 Å². The molecule has 0 saturated carbocycles. The summed E-state index contributed by atoms with van der Waals surface area (Å²) in [5.74, 6) is 0.160. The Bertz CT molecular complexity index is 297. The van der Waals surface area contributed by atoms with Crippen LogP contribution in [0.1, 0.15) is 52.4 Å². The van der Waals surface area contributed by atoms with Crippen LogP contribution in [0.25, 0.3) is 0 Å². The van der Waals surface area contributed by atoms with Crippen molar-refractivity contribution in [1.29, 1.82) is 5.26 Å². The number of nitrogens with one attached hydrogen (secondary N) is 2. The first kappa shape index (κ1) is 15.0. The smallest absolute Gasteiger partial charge is 0.226 e. The minimum atomic E-state index is -0.205. The minimum absolute atomic E-state index is 0.00566. The van der Waals surface area contributed by atoms with Gasteiger partial charge in [0, 0.05) is 6.04 Å². The average Bonchev–Trinajstić information content (AvgIpc) is 2.39. The maximum absolute atomic E-state index is 12.5. The summed E-state index contributed by atoms with van der Waals surface area (Å²) in [6.07, 6.45) is 5.03. The first-order valence-electron chi connectivity index (χ1n) is 7.07. The zero-order valence-corrected chi connectivity index (χ0v) is 11.6. The van der Waals surface area contributed by atoms with E-state index in [9.17, 15) is 4.79 Å². The Morgan fingerprint density at radius 1 is 1.44 bits per heavy atom. The molecule has 0 bridgehead atoms. The molecule has 4 nitrogen and oxygen atoms in total. The van der Waals surface area contributed by atoms with Crippen molar-refractivity contribution in [3.63, 3.8) is 0 Å². The van der Waals surface area contributed by atoms with Gasteiger partial charge in [-0.25, -0.2) is 0 Å². The van der Waals surface area contributed by atoms with Crippen LogP contribution in [-0.2, 0) is 4.79 Å². The Morgan fingerprint density at radius 2 is 2.11 bits per heavy atom. The highest BCUT2D eigenvalue weighted by Gasteiger charge is 2.38. The van der Waals surface area contributed by atoms with Crippen molar-refractivity contribution < 1.29 is 4.79 Å². The molecule has 2 N–H and O–H groups in total. The van der Waals surface area contributed by atoms with E-state index in [1.807, 2.05) is 6.92 Å². The van der Waals surface area contributed by atoms with Gasteiger partial charge in [0.15, 0.2) is 0 Å². The minimum Gasteiger partial charge on any atom is -0.352 e. The van der Waals surface area contributed by atoms with Crippen molar-refractivity contribution in [1.82, 2.24) is 10.6 Å². The van der Waals surface area contributed by atoms with Gasteiger partial charge in [-0.3, -0.25) is 4.79 Å². The highest BCUT2D eigenvalue weighted by molar-refractivity contribution is 5.83. The van der Waals surface area contributed by atoms with E-state index in [4.69, 9.17) is 5.26 Å². The van der Waals surface area contributed by atoms with Crippen molar-refractivity contribution in [3.05, 3.63) is 0 Å². The summed E-state index contributed by atoms with van der Waals surface area (Å²) in [6, 6.07) is 2.15. The predicted octanol–water partition coefficient (Wildman–Crippen LogP) is 1.96. The Hall–Kier alpha value is -1.08. The Morgan fingerprint density at radius 3 is 2.61 bits per heavy atom. The van der Waals surface area contributed by atoms with Crippen LogP contribution in [0.3, 0.4) is 0 Å². The van der Waals surface area contributed by atoms with Gasteiger partial charge in [-0.2, -0.15) is 5.26 Å². The number of nitrogens with zero attached hydrogens (tertiary/aromatic N) is 1. The Labute approximate surface area is 110 Å². The molecule has 102 valence electrons. The van der Waals surface area contributed by atoms with Crippen molar-refractivity contribution >= 4 is 5.91 Å². The second-order valence-electron chi connectivity index (χ2n) is 5.22. The number of amides is 1. The summed E-state index contributed by atoms with van der Waals surface area (Å²) in [5, 5.41) is 15.1. The maximum atomic E-state index is 12.5. The van der Waals surface area contributed by atoms with E-state index >= 15 is 0 Å². The van der Waals surface area contributed by atoms with E-state index < -0.39 is 0 Å². The average molecular weight is 251 g/mol. The molecule has 1 atom stereocenters. The van der Waals surface area contributed by atoms with E-state index in [1.165, 1.54) is 0 Å². The van der Waals surface area contributed by atoms with Gasteiger partial charge in [0.1, 0.15) is 0 Å². The van der Waals surface area contributed by atoms with Crippen LogP contribution in [0.15, 0.2) is 0 Å². The summed E-state index contributed by atoms with van der Waals surface area (Å²) in [6.45, 7) is 5.98. The highest BCUT2D eigenvalue weighted by Crippen LogP contribution is 2.34. The molecule has 4 heteroatoms. The molecule has 0 radical (unpaired) electrons. The standard InChI is InChI=1S/C14H25N3O/c1-3-6-14(7-10-16-11-8-14)13(18)17-12(4-2)5-9-15/h12,16H,3-8,10-11H2,1-2H3,(H,17,18). The molecule has 1 fully saturated rings. The summed E-state index contributed by atoms with van der Waals surface area (Å²) < 4.78 is 0. The van der Waals surface area contributed by atoms with Gasteiger partial charge >= 0.3 is 0 Å². The lowest BCUT2D eigenvalue weighted by Gasteiger charge is -2.37. The van der Waals surface area contributed by atoms with Crippen LogP contribution in [0.5, 0.6) is 0 Å². The fraction of sp³-hybridized carbons (Fsp3) is 0.857. The largest absolute Gasteiger partial charge is 0.352 e. The van der Waals surface area contributed by atoms with E-state index in [1.54, 1.807) is 0 Å². The van der Waals surface area contributed by atoms with E-state index in [0.29, 0.717) is 6.42 Å². The molecule has 1 rings (SSSR count). The number of rotatable bonds is 6. The van der Waals surface area contributed by atoms with Crippen molar-refractivity contribution in [3.8, 4) is 6.07 Å². The topological polar surface area (TPSA) is 64.9 Å². The van der Waals surface area contributed by atoms with E-state index in [2.05, 4.69) is 23.6 Å². The molecule has 1 aliphatic heterocycles. The quantitative estimate of drug-likeness (QED) is 0.758. The third kappa shape index (κ3) is 3.71. The second-order valence-corrected chi connectivity index (χ2v) is 5.22. The summed E-state index contributed by atoms with van der Waals surface area (Å²) in [5.41, 5.74) is -0.205. The molecular formula is C14H25N3O. The lowest BCUT2D eigenvalue weighted by atomic mass is 9.74. The fourth-order valence-electron chi connectivity index (χ4n) is 2.72. The molecule has 1 amide bonds. The Balaban J connectivity index is 2.67. The van der Waals surface area contributed by atoms with Gasteiger partial charge in [-0.15, -0.1) is 0 Å². The fourth-order valence-corrected chi connectivity index (χ4v) is 2.72. The third-order valence-corrected chi connectivity index (χ3v) is 3.94. The molecule has 1 heterocycles. The zero-order valence-electron chi connectivity index (χ0n) is 11.6. The van der Waals surface area contributed by atoms with Gasteiger partial charge in [-0.1, -0.05) is 20.3 Å². The number of carbonyl (C=O) groups excluding carboxylic acids is 1. The SMILES string of the molecule is CCCC1(C(=O)NC(CC)CC#N)CCNCC1. The first-order chi connectivity index (χ1) is 8.68. The lowest BCUT2D eigenvalue weighted by Crippen LogP contribution is -2.50. The third-order valence-electron chi connectivity index (χ3n) is 3.94. The first-order valence-corrected chi connectivity index (χ1v) is 7.07. The summed E-state index contributed by atoms with van der Waals surface area (Å²) >= 11 is 0. The van der Waals surface area contributed by atoms with Gasteiger partial charge in [0.05, 0.1) is 17.9 Å². The van der Waals surface area contributed by atoms with Crippen molar-refractivity contribution in [2.24, 2.45) is 5.41 Å². The van der Waals surface area contributed by atoms with Crippen molar-refractivity contribution in [2.75, 3.05) is 13.1 Å². The summed E-state index contributed by atoms with van der Waals surface area (Å²) in [7, 11) is 0. The van der Waals surface area contributed by atoms with E-state index in [0.717, 1.165) is 45.2 Å². The number of nitriles is 1. The Kier molecular flexibility index (Phi) is 6.14. The molecule has 18 heavy (non-hydrogen) atoms. The molecule has 1 aliphatic rings. The molecule has 1 unspecified atom stereocenters. The van der Waals surface area contributed by atoms with Crippen LogP contribution in [0.4, 0.5) is 0 Å². The maximum Gasteiger partial charge on any atom is 0.226 e. The molecule has 0 aromatic carbocycles. The number of carbonyl (C=O) groups is 1. The monoisotopic (exact) mass is 251 g/mol. The van der Waals surface area contributed by atoms with E-state index in [-0.39, 0.29) is 17.4 Å². The number of hydrogen-bond donors (Lipinski definition) is 2. The molecular weight excluding hydrogens is 226 g/mol. The zero-order chi connectivity index (χ0) is 13.4. The van der Waals surface area contributed by atoms with Gasteiger partial charge in [0.25, 0.3) is 0 Å².